The number of aromatic nitrogens is 3. The van der Waals surface area contributed by atoms with Crippen LogP contribution in [-0.2, 0) is 4.79 Å². The Hall–Kier alpha value is -2.97. The van der Waals surface area contributed by atoms with Crippen LogP contribution in [0, 0.1) is 6.92 Å². The minimum atomic E-state index is -0.118. The van der Waals surface area contributed by atoms with Gasteiger partial charge >= 0.3 is 0 Å². The van der Waals surface area contributed by atoms with Gasteiger partial charge in [0.15, 0.2) is 5.65 Å². The molecule has 3 aromatic heterocycles. The molecule has 1 aromatic carbocycles. The fourth-order valence-corrected chi connectivity index (χ4v) is 4.01. The number of nitrogens with one attached hydrogen (secondary N) is 2. The normalized spacial score (nSPS) is 11.3. The molecule has 6 nitrogen and oxygen atoms in total. The van der Waals surface area contributed by atoms with Crippen molar-refractivity contribution in [2.24, 2.45) is 0 Å². The molecule has 0 radical (unpaired) electrons. The topological polar surface area (TPSA) is 71.3 Å². The number of hydrogen-bond donors (Lipinski definition) is 2. The number of nitrogens with zero attached hydrogens (tertiary/aromatic N) is 3. The van der Waals surface area contributed by atoms with E-state index in [1.807, 2.05) is 41.8 Å². The number of fused-ring (bicyclic) bond motifs is 1. The van der Waals surface area contributed by atoms with E-state index >= 15 is 0 Å². The highest BCUT2D eigenvalue weighted by molar-refractivity contribution is 9.10. The molecule has 2 N–H and O–H groups in total. The smallest absolute Gasteiger partial charge is 0.244 e. The molecule has 0 saturated heterocycles. The second-order valence-corrected chi connectivity index (χ2v) is 8.47. The van der Waals surface area contributed by atoms with Crippen LogP contribution in [0.3, 0.4) is 0 Å². The zero-order chi connectivity index (χ0) is 20.9. The highest BCUT2D eigenvalue weighted by Crippen LogP contribution is 2.27. The molecule has 4 rings (SSSR count). The Labute approximate surface area is 186 Å². The van der Waals surface area contributed by atoms with Gasteiger partial charge in [-0.3, -0.25) is 4.79 Å². The van der Waals surface area contributed by atoms with E-state index in [2.05, 4.69) is 50.7 Å². The quantitative estimate of drug-likeness (QED) is 0.294. The van der Waals surface area contributed by atoms with Gasteiger partial charge in [0.25, 0.3) is 0 Å². The summed E-state index contributed by atoms with van der Waals surface area (Å²) in [5, 5.41) is 12.6. The minimum Gasteiger partial charge on any atom is -0.368 e. The summed E-state index contributed by atoms with van der Waals surface area (Å²) >= 11 is 5.12. The highest BCUT2D eigenvalue weighted by Gasteiger charge is 2.12. The Bertz CT molecular complexity index is 1200. The van der Waals surface area contributed by atoms with Crippen molar-refractivity contribution in [1.82, 2.24) is 19.9 Å². The van der Waals surface area contributed by atoms with Crippen molar-refractivity contribution >= 4 is 50.7 Å². The molecule has 8 heteroatoms. The summed E-state index contributed by atoms with van der Waals surface area (Å²) in [6, 6.07) is 14.1. The number of rotatable bonds is 7. The van der Waals surface area contributed by atoms with Gasteiger partial charge in [-0.1, -0.05) is 30.3 Å². The summed E-state index contributed by atoms with van der Waals surface area (Å²) in [7, 11) is 0. The maximum absolute atomic E-state index is 12.0. The van der Waals surface area contributed by atoms with Gasteiger partial charge in [-0.15, -0.1) is 11.3 Å². The maximum atomic E-state index is 12.0. The Morgan fingerprint density at radius 3 is 2.90 bits per heavy atom. The van der Waals surface area contributed by atoms with Crippen molar-refractivity contribution in [3.63, 3.8) is 0 Å². The molecule has 0 atom stereocenters. The van der Waals surface area contributed by atoms with E-state index in [-0.39, 0.29) is 5.91 Å². The predicted octanol–water partition coefficient (Wildman–Crippen LogP) is 4.77. The molecule has 0 saturated carbocycles. The van der Waals surface area contributed by atoms with Gasteiger partial charge in [-0.25, -0.2) is 4.98 Å². The molecule has 0 aliphatic heterocycles. The summed E-state index contributed by atoms with van der Waals surface area (Å²) in [5.41, 5.74) is 3.83. The van der Waals surface area contributed by atoms with E-state index in [1.165, 1.54) is 0 Å². The van der Waals surface area contributed by atoms with Gasteiger partial charge in [0.2, 0.25) is 5.91 Å². The first-order chi connectivity index (χ1) is 14.6. The van der Waals surface area contributed by atoms with Gasteiger partial charge in [0, 0.05) is 35.7 Å². The number of benzene rings is 1. The molecule has 0 unspecified atom stereocenters. The molecule has 0 aliphatic carbocycles. The van der Waals surface area contributed by atoms with Crippen LogP contribution in [-0.4, -0.2) is 33.6 Å². The van der Waals surface area contributed by atoms with E-state index in [9.17, 15) is 4.79 Å². The van der Waals surface area contributed by atoms with Crippen LogP contribution in [0.25, 0.3) is 23.0 Å². The average Bonchev–Trinajstić information content (AvgIpc) is 3.40. The molecule has 0 aliphatic rings. The van der Waals surface area contributed by atoms with Crippen molar-refractivity contribution in [1.29, 1.82) is 0 Å². The fourth-order valence-electron chi connectivity index (χ4n) is 3.04. The maximum Gasteiger partial charge on any atom is 0.244 e. The number of hydrogen-bond acceptors (Lipinski definition) is 5. The number of halogens is 1. The summed E-state index contributed by atoms with van der Waals surface area (Å²) in [5.74, 6) is 0.694. The van der Waals surface area contributed by atoms with Crippen LogP contribution >= 0.6 is 27.3 Å². The van der Waals surface area contributed by atoms with Crippen molar-refractivity contribution in [3.8, 4) is 11.3 Å². The molecule has 0 bridgehead atoms. The lowest BCUT2D eigenvalue weighted by atomic mass is 10.1. The first-order valence-electron chi connectivity index (χ1n) is 9.45. The lowest BCUT2D eigenvalue weighted by Gasteiger charge is -2.12. The van der Waals surface area contributed by atoms with E-state index < -0.39 is 0 Å². The lowest BCUT2D eigenvalue weighted by Crippen LogP contribution is -2.27. The minimum absolute atomic E-state index is 0.118. The zero-order valence-corrected chi connectivity index (χ0v) is 18.7. The van der Waals surface area contributed by atoms with Gasteiger partial charge in [0.05, 0.1) is 16.4 Å². The molecule has 152 valence electrons. The van der Waals surface area contributed by atoms with Crippen LogP contribution in [0.15, 0.2) is 64.6 Å². The second kappa shape index (κ2) is 9.23. The number of carbonyl (C=O) groups excluding carboxylic acids is 1. The Morgan fingerprint density at radius 1 is 1.23 bits per heavy atom. The second-order valence-electron chi connectivity index (χ2n) is 6.64. The van der Waals surface area contributed by atoms with E-state index in [0.29, 0.717) is 13.1 Å². The number of aryl methyl sites for hydroxylation is 1. The van der Waals surface area contributed by atoms with Crippen molar-refractivity contribution in [2.75, 3.05) is 18.4 Å². The van der Waals surface area contributed by atoms with E-state index in [1.54, 1.807) is 28.1 Å². The fraction of sp³-hybridized carbons (Fsp3) is 0.136. The molecule has 0 spiro atoms. The van der Waals surface area contributed by atoms with Crippen LogP contribution in [0.2, 0.25) is 0 Å². The third kappa shape index (κ3) is 4.60. The number of thiophene rings is 1. The van der Waals surface area contributed by atoms with E-state index in [4.69, 9.17) is 4.98 Å². The van der Waals surface area contributed by atoms with Crippen molar-refractivity contribution < 1.29 is 4.79 Å². The van der Waals surface area contributed by atoms with E-state index in [0.717, 1.165) is 37.6 Å². The Kier molecular flexibility index (Phi) is 6.25. The predicted molar refractivity (Wildman–Crippen MR) is 126 cm³/mol. The van der Waals surface area contributed by atoms with Gasteiger partial charge < -0.3 is 10.6 Å². The third-order valence-electron chi connectivity index (χ3n) is 4.52. The summed E-state index contributed by atoms with van der Waals surface area (Å²) in [6.45, 7) is 3.11. The first-order valence-corrected chi connectivity index (χ1v) is 11.1. The first kappa shape index (κ1) is 20.3. The zero-order valence-electron chi connectivity index (χ0n) is 16.3. The SMILES string of the molecule is Cc1ccccc1-c1cc(NCCNC(=O)/C=C/c2cccs2)n2ncc(Br)c2n1. The van der Waals surface area contributed by atoms with Crippen LogP contribution in [0.1, 0.15) is 10.4 Å². The van der Waals surface area contributed by atoms with Gasteiger partial charge in [-0.05, 0) is 45.9 Å². The van der Waals surface area contributed by atoms with Crippen molar-refractivity contribution in [3.05, 3.63) is 75.0 Å². The van der Waals surface area contributed by atoms with Gasteiger partial charge in [0.1, 0.15) is 5.82 Å². The van der Waals surface area contributed by atoms with Gasteiger partial charge in [-0.2, -0.15) is 9.61 Å². The highest BCUT2D eigenvalue weighted by atomic mass is 79.9. The molecule has 3 heterocycles. The van der Waals surface area contributed by atoms with Crippen LogP contribution in [0.5, 0.6) is 0 Å². The number of carbonyl (C=O) groups is 1. The number of anilines is 1. The van der Waals surface area contributed by atoms with Crippen LogP contribution < -0.4 is 10.6 Å². The Balaban J connectivity index is 1.46. The Morgan fingerprint density at radius 2 is 2.10 bits per heavy atom. The third-order valence-corrected chi connectivity index (χ3v) is 5.92. The molecule has 4 aromatic rings. The summed E-state index contributed by atoms with van der Waals surface area (Å²) in [6.07, 6.45) is 5.10. The molecule has 1 amide bonds. The molecular weight excluding hydrogens is 462 g/mol. The average molecular weight is 482 g/mol. The van der Waals surface area contributed by atoms with Crippen molar-refractivity contribution in [2.45, 2.75) is 6.92 Å². The van der Waals surface area contributed by atoms with Crippen LogP contribution in [0.4, 0.5) is 5.82 Å². The molecular formula is C22H20BrN5OS. The lowest BCUT2D eigenvalue weighted by molar-refractivity contribution is -0.116. The summed E-state index contributed by atoms with van der Waals surface area (Å²) in [4.78, 5) is 17.8. The largest absolute Gasteiger partial charge is 0.368 e. The standard InChI is InChI=1S/C22H20BrN5OS/c1-15-5-2-3-7-17(15)19-13-20(28-22(27-19)18(23)14-26-28)24-10-11-25-21(29)9-8-16-6-4-12-30-16/h2-9,12-14,24H,10-11H2,1H3,(H,25,29)/b9-8+. The summed E-state index contributed by atoms with van der Waals surface area (Å²) < 4.78 is 2.58. The molecule has 0 fully saturated rings. The molecule has 30 heavy (non-hydrogen) atoms. The monoisotopic (exact) mass is 481 g/mol. The number of amides is 1.